The smallest absolute Gasteiger partial charge is 0.00130 e. The van der Waals surface area contributed by atoms with E-state index in [1.54, 1.807) is 0 Å². The van der Waals surface area contributed by atoms with Gasteiger partial charge in [0.15, 0.2) is 0 Å². The van der Waals surface area contributed by atoms with Crippen LogP contribution >= 0.6 is 0 Å². The Bertz CT molecular complexity index is 244. The molecule has 2 fully saturated rings. The standard InChI is InChI=1S/C16H32N2/c1-15(2)8-11-18(12-9-15)13-10-16(14-17)6-4-3-5-7-16/h3-14,17H2,1-2H3. The minimum absolute atomic E-state index is 0.491. The highest BCUT2D eigenvalue weighted by Crippen LogP contribution is 2.39. The summed E-state index contributed by atoms with van der Waals surface area (Å²) in [5.41, 5.74) is 7.15. The van der Waals surface area contributed by atoms with Crippen LogP contribution in [-0.2, 0) is 0 Å². The molecule has 0 aromatic carbocycles. The molecule has 2 aliphatic rings. The van der Waals surface area contributed by atoms with Crippen molar-refractivity contribution >= 4 is 0 Å². The van der Waals surface area contributed by atoms with Gasteiger partial charge in [-0.05, 0) is 69.1 Å². The van der Waals surface area contributed by atoms with Gasteiger partial charge in [0.25, 0.3) is 0 Å². The largest absolute Gasteiger partial charge is 0.330 e. The van der Waals surface area contributed by atoms with E-state index in [4.69, 9.17) is 5.73 Å². The van der Waals surface area contributed by atoms with Crippen LogP contribution < -0.4 is 5.73 Å². The van der Waals surface area contributed by atoms with Crippen molar-refractivity contribution in [1.29, 1.82) is 0 Å². The molecule has 1 saturated carbocycles. The average molecular weight is 252 g/mol. The van der Waals surface area contributed by atoms with Gasteiger partial charge in [0.1, 0.15) is 0 Å². The van der Waals surface area contributed by atoms with Crippen LogP contribution in [0.25, 0.3) is 0 Å². The Kier molecular flexibility index (Phi) is 4.71. The number of hydrogen-bond acceptors (Lipinski definition) is 2. The van der Waals surface area contributed by atoms with Crippen LogP contribution in [0.5, 0.6) is 0 Å². The first-order valence-electron chi connectivity index (χ1n) is 7.98. The molecule has 2 N–H and O–H groups in total. The highest BCUT2D eigenvalue weighted by molar-refractivity contribution is 4.86. The first-order chi connectivity index (χ1) is 8.55. The Morgan fingerprint density at radius 3 is 2.11 bits per heavy atom. The van der Waals surface area contributed by atoms with Crippen molar-refractivity contribution in [3.8, 4) is 0 Å². The monoisotopic (exact) mass is 252 g/mol. The van der Waals surface area contributed by atoms with Crippen LogP contribution in [0.2, 0.25) is 0 Å². The molecule has 2 heteroatoms. The molecule has 1 heterocycles. The number of nitrogens with zero attached hydrogens (tertiary/aromatic N) is 1. The SMILES string of the molecule is CC1(C)CCN(CCC2(CN)CCCCC2)CC1. The van der Waals surface area contributed by atoms with E-state index < -0.39 is 0 Å². The van der Waals surface area contributed by atoms with Crippen molar-refractivity contribution in [2.75, 3.05) is 26.2 Å². The lowest BCUT2D eigenvalue weighted by Crippen LogP contribution is -2.41. The summed E-state index contributed by atoms with van der Waals surface area (Å²) in [6.45, 7) is 9.61. The summed E-state index contributed by atoms with van der Waals surface area (Å²) in [6.07, 6.45) is 11.1. The fraction of sp³-hybridized carbons (Fsp3) is 1.00. The van der Waals surface area contributed by atoms with Crippen molar-refractivity contribution in [3.05, 3.63) is 0 Å². The summed E-state index contributed by atoms with van der Waals surface area (Å²) in [5.74, 6) is 0. The molecule has 1 saturated heterocycles. The van der Waals surface area contributed by atoms with E-state index in [1.807, 2.05) is 0 Å². The van der Waals surface area contributed by atoms with Gasteiger partial charge < -0.3 is 10.6 Å². The Hall–Kier alpha value is -0.0800. The van der Waals surface area contributed by atoms with Crippen LogP contribution in [0.3, 0.4) is 0 Å². The van der Waals surface area contributed by atoms with E-state index >= 15 is 0 Å². The number of likely N-dealkylation sites (tertiary alicyclic amines) is 1. The third kappa shape index (κ3) is 3.71. The molecule has 0 aromatic rings. The number of hydrogen-bond donors (Lipinski definition) is 1. The van der Waals surface area contributed by atoms with Crippen LogP contribution in [0.1, 0.15) is 65.2 Å². The molecule has 0 unspecified atom stereocenters. The van der Waals surface area contributed by atoms with Crippen molar-refractivity contribution in [2.45, 2.75) is 65.2 Å². The molecule has 0 bridgehead atoms. The first kappa shape index (κ1) is 14.3. The topological polar surface area (TPSA) is 29.3 Å². The van der Waals surface area contributed by atoms with E-state index in [9.17, 15) is 0 Å². The molecule has 0 amide bonds. The maximum absolute atomic E-state index is 6.08. The normalized spacial score (nSPS) is 28.2. The first-order valence-corrected chi connectivity index (χ1v) is 7.98. The lowest BCUT2D eigenvalue weighted by molar-refractivity contribution is 0.0994. The second kappa shape index (κ2) is 5.92. The van der Waals surface area contributed by atoms with E-state index in [0.29, 0.717) is 10.8 Å². The van der Waals surface area contributed by atoms with Crippen LogP contribution in [0, 0.1) is 10.8 Å². The summed E-state index contributed by atoms with van der Waals surface area (Å²) >= 11 is 0. The summed E-state index contributed by atoms with van der Waals surface area (Å²) in [4.78, 5) is 2.68. The Labute approximate surface area is 113 Å². The average Bonchev–Trinajstić information content (AvgIpc) is 2.39. The molecule has 18 heavy (non-hydrogen) atoms. The molecule has 1 aliphatic carbocycles. The molecule has 1 aliphatic heterocycles. The third-order valence-electron chi connectivity index (χ3n) is 5.52. The van der Waals surface area contributed by atoms with Gasteiger partial charge in [0.05, 0.1) is 0 Å². The molecule has 0 atom stereocenters. The highest BCUT2D eigenvalue weighted by Gasteiger charge is 2.32. The summed E-state index contributed by atoms with van der Waals surface area (Å²) < 4.78 is 0. The van der Waals surface area contributed by atoms with Crippen LogP contribution in [0.4, 0.5) is 0 Å². The molecule has 2 rings (SSSR count). The van der Waals surface area contributed by atoms with Gasteiger partial charge in [-0.1, -0.05) is 33.1 Å². The minimum Gasteiger partial charge on any atom is -0.330 e. The van der Waals surface area contributed by atoms with Crippen molar-refractivity contribution in [3.63, 3.8) is 0 Å². The van der Waals surface area contributed by atoms with Crippen molar-refractivity contribution in [2.24, 2.45) is 16.6 Å². The Morgan fingerprint density at radius 1 is 0.944 bits per heavy atom. The van der Waals surface area contributed by atoms with Crippen molar-refractivity contribution < 1.29 is 0 Å². The lowest BCUT2D eigenvalue weighted by atomic mass is 9.71. The summed E-state index contributed by atoms with van der Waals surface area (Å²) in [6, 6.07) is 0. The zero-order valence-electron chi connectivity index (χ0n) is 12.5. The predicted molar refractivity (Wildman–Crippen MR) is 78.6 cm³/mol. The van der Waals surface area contributed by atoms with E-state index in [2.05, 4.69) is 18.7 Å². The van der Waals surface area contributed by atoms with Gasteiger partial charge >= 0.3 is 0 Å². The molecule has 2 nitrogen and oxygen atoms in total. The Morgan fingerprint density at radius 2 is 1.56 bits per heavy atom. The Balaban J connectivity index is 1.76. The summed E-state index contributed by atoms with van der Waals surface area (Å²) in [7, 11) is 0. The van der Waals surface area contributed by atoms with Gasteiger partial charge in [-0.2, -0.15) is 0 Å². The zero-order valence-corrected chi connectivity index (χ0v) is 12.5. The number of piperidine rings is 1. The fourth-order valence-electron chi connectivity index (χ4n) is 3.64. The molecule has 0 radical (unpaired) electrons. The fourth-order valence-corrected chi connectivity index (χ4v) is 3.64. The third-order valence-corrected chi connectivity index (χ3v) is 5.52. The molecular weight excluding hydrogens is 220 g/mol. The second-order valence-electron chi connectivity index (χ2n) is 7.52. The number of nitrogens with two attached hydrogens (primary N) is 1. The van der Waals surface area contributed by atoms with Gasteiger partial charge in [0.2, 0.25) is 0 Å². The maximum Gasteiger partial charge on any atom is -0.00130 e. The van der Waals surface area contributed by atoms with Crippen LogP contribution in [0.15, 0.2) is 0 Å². The molecule has 0 aromatic heterocycles. The maximum atomic E-state index is 6.08. The number of rotatable bonds is 4. The van der Waals surface area contributed by atoms with Crippen molar-refractivity contribution in [1.82, 2.24) is 4.90 Å². The predicted octanol–water partition coefficient (Wildman–Crippen LogP) is 3.41. The van der Waals surface area contributed by atoms with Gasteiger partial charge in [-0.15, -0.1) is 0 Å². The van der Waals surface area contributed by atoms with Gasteiger partial charge in [-0.3, -0.25) is 0 Å². The van der Waals surface area contributed by atoms with E-state index in [-0.39, 0.29) is 0 Å². The summed E-state index contributed by atoms with van der Waals surface area (Å²) in [5, 5.41) is 0. The zero-order chi connectivity index (χ0) is 13.1. The molecule has 106 valence electrons. The molecule has 0 spiro atoms. The molecular formula is C16H32N2. The highest BCUT2D eigenvalue weighted by atomic mass is 15.1. The van der Waals surface area contributed by atoms with Gasteiger partial charge in [0, 0.05) is 0 Å². The van der Waals surface area contributed by atoms with E-state index in [1.165, 1.54) is 71.0 Å². The minimum atomic E-state index is 0.491. The van der Waals surface area contributed by atoms with Crippen LogP contribution in [-0.4, -0.2) is 31.1 Å². The quantitative estimate of drug-likeness (QED) is 0.831. The lowest BCUT2D eigenvalue weighted by Gasteiger charge is -2.41. The second-order valence-corrected chi connectivity index (χ2v) is 7.52. The van der Waals surface area contributed by atoms with E-state index in [0.717, 1.165) is 6.54 Å². The van der Waals surface area contributed by atoms with Gasteiger partial charge in [-0.25, -0.2) is 0 Å².